The molecule has 2 rings (SSSR count). The van der Waals surface area contributed by atoms with Crippen LogP contribution in [-0.2, 0) is 6.54 Å². The highest BCUT2D eigenvalue weighted by Crippen LogP contribution is 2.13. The van der Waals surface area contributed by atoms with Gasteiger partial charge in [0.1, 0.15) is 0 Å². The third-order valence-corrected chi connectivity index (χ3v) is 3.33. The lowest BCUT2D eigenvalue weighted by Crippen LogP contribution is -1.97. The van der Waals surface area contributed by atoms with Crippen LogP contribution in [0, 0.1) is 0 Å². The lowest BCUT2D eigenvalue weighted by Gasteiger charge is -1.99. The molecule has 2 nitrogen and oxygen atoms in total. The molecule has 0 N–H and O–H groups in total. The Morgan fingerprint density at radius 3 is 3.00 bits per heavy atom. The van der Waals surface area contributed by atoms with Gasteiger partial charge in [0.25, 0.3) is 0 Å². The maximum Gasteiger partial charge on any atom is 0.164 e. The van der Waals surface area contributed by atoms with Crippen molar-refractivity contribution >= 4 is 17.1 Å². The SMILES string of the molecule is CCCC(=O)c1ccn(Cc2cccs2)c1. The molecule has 2 aromatic rings. The first-order valence-corrected chi connectivity index (χ1v) is 6.39. The van der Waals surface area contributed by atoms with Crippen LogP contribution in [-0.4, -0.2) is 10.4 Å². The van der Waals surface area contributed by atoms with Crippen LogP contribution in [0.15, 0.2) is 36.0 Å². The van der Waals surface area contributed by atoms with Crippen molar-refractivity contribution in [3.63, 3.8) is 0 Å². The predicted octanol–water partition coefficient (Wildman–Crippen LogP) is 3.58. The molecular weight excluding hydrogens is 218 g/mol. The summed E-state index contributed by atoms with van der Waals surface area (Å²) in [5.74, 6) is 0.243. The minimum Gasteiger partial charge on any atom is -0.348 e. The molecule has 0 amide bonds. The molecule has 0 saturated carbocycles. The summed E-state index contributed by atoms with van der Waals surface area (Å²) in [6, 6.07) is 6.07. The van der Waals surface area contributed by atoms with Crippen molar-refractivity contribution in [2.24, 2.45) is 0 Å². The lowest BCUT2D eigenvalue weighted by atomic mass is 10.1. The maximum atomic E-state index is 11.6. The summed E-state index contributed by atoms with van der Waals surface area (Å²) in [5.41, 5.74) is 0.832. The van der Waals surface area contributed by atoms with Crippen LogP contribution in [0.3, 0.4) is 0 Å². The number of aromatic nitrogens is 1. The van der Waals surface area contributed by atoms with E-state index in [1.807, 2.05) is 31.5 Å². The summed E-state index contributed by atoms with van der Waals surface area (Å²) in [6.45, 7) is 2.89. The quantitative estimate of drug-likeness (QED) is 0.723. The van der Waals surface area contributed by atoms with Gasteiger partial charge in [0.05, 0.1) is 6.54 Å². The van der Waals surface area contributed by atoms with E-state index in [0.29, 0.717) is 6.42 Å². The molecule has 0 saturated heterocycles. The third kappa shape index (κ3) is 2.61. The van der Waals surface area contributed by atoms with E-state index < -0.39 is 0 Å². The number of ketones is 1. The molecule has 0 bridgehead atoms. The van der Waals surface area contributed by atoms with Gasteiger partial charge in [-0.1, -0.05) is 13.0 Å². The van der Waals surface area contributed by atoms with E-state index in [-0.39, 0.29) is 5.78 Å². The molecule has 0 atom stereocenters. The second kappa shape index (κ2) is 5.12. The Morgan fingerprint density at radius 1 is 1.44 bits per heavy atom. The van der Waals surface area contributed by atoms with Crippen LogP contribution in [0.1, 0.15) is 35.0 Å². The van der Waals surface area contributed by atoms with Crippen LogP contribution >= 0.6 is 11.3 Å². The Bertz CT molecular complexity index is 456. The van der Waals surface area contributed by atoms with Crippen molar-refractivity contribution in [2.75, 3.05) is 0 Å². The zero-order valence-electron chi connectivity index (χ0n) is 9.35. The molecular formula is C13H15NOS. The molecule has 2 heterocycles. The normalized spacial score (nSPS) is 10.6. The first-order valence-electron chi connectivity index (χ1n) is 5.51. The van der Waals surface area contributed by atoms with Gasteiger partial charge in [-0.05, 0) is 23.9 Å². The van der Waals surface area contributed by atoms with Gasteiger partial charge in [0.2, 0.25) is 0 Å². The van der Waals surface area contributed by atoms with Gasteiger partial charge < -0.3 is 4.57 Å². The second-order valence-corrected chi connectivity index (χ2v) is 4.86. The lowest BCUT2D eigenvalue weighted by molar-refractivity contribution is 0.0981. The van der Waals surface area contributed by atoms with E-state index in [1.54, 1.807) is 11.3 Å². The van der Waals surface area contributed by atoms with Gasteiger partial charge in [-0.3, -0.25) is 4.79 Å². The van der Waals surface area contributed by atoms with Crippen LogP contribution in [0.2, 0.25) is 0 Å². The Morgan fingerprint density at radius 2 is 2.31 bits per heavy atom. The van der Waals surface area contributed by atoms with Crippen molar-refractivity contribution in [3.8, 4) is 0 Å². The number of rotatable bonds is 5. The fraction of sp³-hybridized carbons (Fsp3) is 0.308. The molecule has 2 aromatic heterocycles. The summed E-state index contributed by atoms with van der Waals surface area (Å²) in [7, 11) is 0. The highest BCUT2D eigenvalue weighted by atomic mass is 32.1. The number of carbonyl (C=O) groups is 1. The zero-order chi connectivity index (χ0) is 11.4. The van der Waals surface area contributed by atoms with Gasteiger partial charge in [0.15, 0.2) is 5.78 Å². The molecule has 0 radical (unpaired) electrons. The first-order chi connectivity index (χ1) is 7.79. The number of carbonyl (C=O) groups excluding carboxylic acids is 1. The van der Waals surface area contributed by atoms with Gasteiger partial charge in [-0.2, -0.15) is 0 Å². The van der Waals surface area contributed by atoms with Crippen molar-refractivity contribution in [2.45, 2.75) is 26.3 Å². The molecule has 16 heavy (non-hydrogen) atoms. The summed E-state index contributed by atoms with van der Waals surface area (Å²) in [4.78, 5) is 13.0. The molecule has 0 aliphatic rings. The van der Waals surface area contributed by atoms with Gasteiger partial charge >= 0.3 is 0 Å². The second-order valence-electron chi connectivity index (χ2n) is 3.83. The topological polar surface area (TPSA) is 22.0 Å². The van der Waals surface area contributed by atoms with Gasteiger partial charge in [-0.25, -0.2) is 0 Å². The average molecular weight is 233 g/mol. The summed E-state index contributed by atoms with van der Waals surface area (Å²) >= 11 is 1.74. The maximum absolute atomic E-state index is 11.6. The zero-order valence-corrected chi connectivity index (χ0v) is 10.2. The van der Waals surface area contributed by atoms with E-state index in [4.69, 9.17) is 0 Å². The number of hydrogen-bond acceptors (Lipinski definition) is 2. The minimum atomic E-state index is 0.243. The van der Waals surface area contributed by atoms with E-state index in [2.05, 4.69) is 16.0 Å². The molecule has 0 aliphatic heterocycles. The molecule has 0 aromatic carbocycles. The highest BCUT2D eigenvalue weighted by Gasteiger charge is 2.06. The van der Waals surface area contributed by atoms with Crippen molar-refractivity contribution in [3.05, 3.63) is 46.4 Å². The molecule has 0 fully saturated rings. The summed E-state index contributed by atoms with van der Waals surface area (Å²) < 4.78 is 2.06. The molecule has 0 unspecified atom stereocenters. The monoisotopic (exact) mass is 233 g/mol. The Kier molecular flexibility index (Phi) is 3.57. The molecule has 0 spiro atoms. The van der Waals surface area contributed by atoms with Crippen molar-refractivity contribution in [1.82, 2.24) is 4.57 Å². The predicted molar refractivity (Wildman–Crippen MR) is 67.1 cm³/mol. The minimum absolute atomic E-state index is 0.243. The fourth-order valence-electron chi connectivity index (χ4n) is 1.66. The van der Waals surface area contributed by atoms with Crippen LogP contribution in [0.5, 0.6) is 0 Å². The van der Waals surface area contributed by atoms with Crippen molar-refractivity contribution < 1.29 is 4.79 Å². The van der Waals surface area contributed by atoms with E-state index in [1.165, 1.54) is 4.88 Å². The third-order valence-electron chi connectivity index (χ3n) is 2.47. The van der Waals surface area contributed by atoms with Crippen LogP contribution in [0.4, 0.5) is 0 Å². The van der Waals surface area contributed by atoms with Gasteiger partial charge in [-0.15, -0.1) is 11.3 Å². The number of nitrogens with zero attached hydrogens (tertiary/aromatic N) is 1. The average Bonchev–Trinajstić information content (AvgIpc) is 2.90. The van der Waals surface area contributed by atoms with E-state index >= 15 is 0 Å². The van der Waals surface area contributed by atoms with Gasteiger partial charge in [0, 0.05) is 29.3 Å². The molecule has 0 aliphatic carbocycles. The highest BCUT2D eigenvalue weighted by molar-refractivity contribution is 7.09. The first kappa shape index (κ1) is 11.1. The Labute approximate surface area is 99.5 Å². The molecule has 84 valence electrons. The Balaban J connectivity index is 2.05. The van der Waals surface area contributed by atoms with E-state index in [9.17, 15) is 4.79 Å². The Hall–Kier alpha value is -1.35. The fourth-order valence-corrected chi connectivity index (χ4v) is 2.37. The van der Waals surface area contributed by atoms with E-state index in [0.717, 1.165) is 18.5 Å². The van der Waals surface area contributed by atoms with Crippen LogP contribution < -0.4 is 0 Å². The number of hydrogen-bond donors (Lipinski definition) is 0. The number of Topliss-reactive ketones (excluding diaryl/α,β-unsaturated/α-hetero) is 1. The smallest absolute Gasteiger partial charge is 0.164 e. The molecule has 3 heteroatoms. The largest absolute Gasteiger partial charge is 0.348 e. The summed E-state index contributed by atoms with van der Waals surface area (Å²) in [6.07, 6.45) is 5.47. The standard InChI is InChI=1S/C13H15NOS/c1-2-4-13(15)11-6-7-14(9-11)10-12-5-3-8-16-12/h3,5-9H,2,4,10H2,1H3. The van der Waals surface area contributed by atoms with Crippen LogP contribution in [0.25, 0.3) is 0 Å². The summed E-state index contributed by atoms with van der Waals surface area (Å²) in [5, 5.41) is 2.07. The van der Waals surface area contributed by atoms with Crippen molar-refractivity contribution in [1.29, 1.82) is 0 Å². The number of thiophene rings is 1.